The monoisotopic (exact) mass is 397 g/mol. The fraction of sp³-hybridized carbons (Fsp3) is 0.318. The molecule has 6 nitrogen and oxygen atoms in total. The molecule has 29 heavy (non-hydrogen) atoms. The van der Waals surface area contributed by atoms with Crippen molar-refractivity contribution in [2.24, 2.45) is 0 Å². The summed E-state index contributed by atoms with van der Waals surface area (Å²) in [5, 5.41) is 18.5. The Morgan fingerprint density at radius 2 is 1.86 bits per heavy atom. The second kappa shape index (κ2) is 9.43. The third-order valence-electron chi connectivity index (χ3n) is 4.81. The van der Waals surface area contributed by atoms with Crippen molar-refractivity contribution >= 4 is 5.97 Å². The summed E-state index contributed by atoms with van der Waals surface area (Å²) in [7, 11) is 0. The van der Waals surface area contributed by atoms with E-state index in [1.54, 1.807) is 18.2 Å². The van der Waals surface area contributed by atoms with Crippen molar-refractivity contribution in [1.29, 1.82) is 0 Å². The first-order chi connectivity index (χ1) is 14.0. The molecule has 3 rings (SSSR count). The normalized spacial score (nSPS) is 11.0. The number of rotatable bonds is 9. The predicted molar refractivity (Wildman–Crippen MR) is 106 cm³/mol. The molecule has 0 unspecified atom stereocenters. The molecule has 0 aliphatic rings. The number of aliphatic hydroxyl groups excluding tert-OH is 1. The van der Waals surface area contributed by atoms with Crippen LogP contribution in [0.2, 0.25) is 0 Å². The maximum atomic E-state index is 13.2. The molecular formula is C22H24FN3O3. The van der Waals surface area contributed by atoms with E-state index >= 15 is 0 Å². The Labute approximate surface area is 168 Å². The fourth-order valence-corrected chi connectivity index (χ4v) is 3.31. The van der Waals surface area contributed by atoms with E-state index in [-0.39, 0.29) is 18.0 Å². The molecule has 2 N–H and O–H groups in total. The van der Waals surface area contributed by atoms with Gasteiger partial charge in [-0.2, -0.15) is 0 Å². The van der Waals surface area contributed by atoms with Crippen LogP contribution in [-0.2, 0) is 32.4 Å². The minimum atomic E-state index is -1.04. The lowest BCUT2D eigenvalue weighted by Gasteiger charge is -2.12. The number of nitrogens with zero attached hydrogens (tertiary/aromatic N) is 3. The zero-order chi connectivity index (χ0) is 20.8. The standard InChI is InChI=1S/C22H24FN3O3/c1-2-20-12-24-21(26(20)13-15-6-8-17(23)9-7-15)5-3-4-18-10-16(22(28)29)11-19(14-27)25-18/h6-12,27H,2-5,13-14H2,1H3,(H,28,29). The summed E-state index contributed by atoms with van der Waals surface area (Å²) in [5.41, 5.74) is 3.24. The molecule has 0 aliphatic carbocycles. The van der Waals surface area contributed by atoms with Gasteiger partial charge in [0.15, 0.2) is 0 Å². The zero-order valence-electron chi connectivity index (χ0n) is 16.3. The molecule has 1 aromatic carbocycles. The minimum absolute atomic E-state index is 0.130. The number of carboxylic acids is 1. The van der Waals surface area contributed by atoms with Crippen molar-refractivity contribution in [2.45, 2.75) is 45.8 Å². The van der Waals surface area contributed by atoms with Crippen molar-refractivity contribution < 1.29 is 19.4 Å². The third kappa shape index (κ3) is 5.26. The van der Waals surface area contributed by atoms with Gasteiger partial charge in [-0.15, -0.1) is 0 Å². The maximum Gasteiger partial charge on any atom is 0.335 e. The van der Waals surface area contributed by atoms with E-state index in [1.807, 2.05) is 6.20 Å². The highest BCUT2D eigenvalue weighted by atomic mass is 19.1. The molecule has 0 saturated carbocycles. The van der Waals surface area contributed by atoms with Crippen LogP contribution in [0, 0.1) is 5.82 Å². The second-order valence-corrected chi connectivity index (χ2v) is 6.89. The highest BCUT2D eigenvalue weighted by molar-refractivity contribution is 5.87. The predicted octanol–water partition coefficient (Wildman–Crippen LogP) is 3.39. The average molecular weight is 397 g/mol. The first kappa shape index (κ1) is 20.7. The van der Waals surface area contributed by atoms with Crippen LogP contribution < -0.4 is 0 Å². The van der Waals surface area contributed by atoms with E-state index in [0.717, 1.165) is 29.9 Å². The first-order valence-corrected chi connectivity index (χ1v) is 9.62. The van der Waals surface area contributed by atoms with Crippen molar-refractivity contribution in [3.8, 4) is 0 Å². The molecule has 7 heteroatoms. The van der Waals surface area contributed by atoms with Crippen molar-refractivity contribution in [1.82, 2.24) is 14.5 Å². The molecule has 0 radical (unpaired) electrons. The summed E-state index contributed by atoms with van der Waals surface area (Å²) < 4.78 is 15.3. The summed E-state index contributed by atoms with van der Waals surface area (Å²) in [6, 6.07) is 9.39. The summed E-state index contributed by atoms with van der Waals surface area (Å²) in [5.74, 6) is -0.359. The van der Waals surface area contributed by atoms with E-state index < -0.39 is 5.97 Å². The Bertz CT molecular complexity index is 983. The summed E-state index contributed by atoms with van der Waals surface area (Å²) in [6.45, 7) is 2.40. The van der Waals surface area contributed by atoms with E-state index in [0.29, 0.717) is 30.8 Å². The highest BCUT2D eigenvalue weighted by Gasteiger charge is 2.12. The van der Waals surface area contributed by atoms with Gasteiger partial charge in [0.2, 0.25) is 0 Å². The smallest absolute Gasteiger partial charge is 0.335 e. The largest absolute Gasteiger partial charge is 0.478 e. The molecular weight excluding hydrogens is 373 g/mol. The molecule has 0 spiro atoms. The van der Waals surface area contributed by atoms with E-state index in [2.05, 4.69) is 21.5 Å². The van der Waals surface area contributed by atoms with Gasteiger partial charge in [-0.25, -0.2) is 14.2 Å². The van der Waals surface area contributed by atoms with Gasteiger partial charge in [0.1, 0.15) is 11.6 Å². The third-order valence-corrected chi connectivity index (χ3v) is 4.81. The second-order valence-electron chi connectivity index (χ2n) is 6.89. The quantitative estimate of drug-likeness (QED) is 0.578. The van der Waals surface area contributed by atoms with Crippen molar-refractivity contribution in [2.75, 3.05) is 0 Å². The number of carbonyl (C=O) groups is 1. The van der Waals surface area contributed by atoms with Gasteiger partial charge in [0, 0.05) is 30.6 Å². The van der Waals surface area contributed by atoms with E-state index in [1.165, 1.54) is 18.2 Å². The molecule has 0 saturated heterocycles. The number of aromatic nitrogens is 3. The number of benzene rings is 1. The Balaban J connectivity index is 1.71. The number of carboxylic acid groups (broad SMARTS) is 1. The van der Waals surface area contributed by atoms with Gasteiger partial charge in [-0.3, -0.25) is 4.98 Å². The first-order valence-electron chi connectivity index (χ1n) is 9.62. The van der Waals surface area contributed by atoms with Gasteiger partial charge in [-0.05, 0) is 49.1 Å². The SMILES string of the molecule is CCc1cnc(CCCc2cc(C(=O)O)cc(CO)n2)n1Cc1ccc(F)cc1. The number of aromatic carboxylic acids is 1. The van der Waals surface area contributed by atoms with Gasteiger partial charge in [-0.1, -0.05) is 19.1 Å². The average Bonchev–Trinajstić information content (AvgIpc) is 3.11. The Hall–Kier alpha value is -3.06. The van der Waals surface area contributed by atoms with Crippen LogP contribution in [0.5, 0.6) is 0 Å². The molecule has 0 aliphatic heterocycles. The lowest BCUT2D eigenvalue weighted by atomic mass is 10.1. The summed E-state index contributed by atoms with van der Waals surface area (Å²) in [6.07, 6.45) is 4.74. The molecule has 2 heterocycles. The number of aryl methyl sites for hydroxylation is 3. The topological polar surface area (TPSA) is 88.2 Å². The van der Waals surface area contributed by atoms with Crippen LogP contribution in [-0.4, -0.2) is 30.7 Å². The van der Waals surface area contributed by atoms with Crippen LogP contribution in [0.3, 0.4) is 0 Å². The number of pyridine rings is 1. The Kier molecular flexibility index (Phi) is 6.72. The van der Waals surface area contributed by atoms with Crippen LogP contribution >= 0.6 is 0 Å². The molecule has 0 amide bonds. The lowest BCUT2D eigenvalue weighted by molar-refractivity contribution is 0.0696. The lowest BCUT2D eigenvalue weighted by Crippen LogP contribution is -2.09. The number of hydrogen-bond donors (Lipinski definition) is 2. The van der Waals surface area contributed by atoms with Gasteiger partial charge in [0.05, 0.1) is 17.9 Å². The van der Waals surface area contributed by atoms with Crippen LogP contribution in [0.1, 0.15) is 52.2 Å². The summed E-state index contributed by atoms with van der Waals surface area (Å²) >= 11 is 0. The molecule has 0 atom stereocenters. The van der Waals surface area contributed by atoms with Crippen molar-refractivity contribution in [3.63, 3.8) is 0 Å². The highest BCUT2D eigenvalue weighted by Crippen LogP contribution is 2.15. The van der Waals surface area contributed by atoms with Crippen LogP contribution in [0.15, 0.2) is 42.6 Å². The maximum absolute atomic E-state index is 13.2. The zero-order valence-corrected chi connectivity index (χ0v) is 16.3. The summed E-state index contributed by atoms with van der Waals surface area (Å²) in [4.78, 5) is 20.1. The molecule has 0 bridgehead atoms. The van der Waals surface area contributed by atoms with Gasteiger partial charge < -0.3 is 14.8 Å². The molecule has 2 aromatic heterocycles. The van der Waals surface area contributed by atoms with E-state index in [9.17, 15) is 19.4 Å². The Morgan fingerprint density at radius 1 is 1.14 bits per heavy atom. The minimum Gasteiger partial charge on any atom is -0.478 e. The molecule has 3 aromatic rings. The Morgan fingerprint density at radius 3 is 2.52 bits per heavy atom. The number of halogens is 1. The van der Waals surface area contributed by atoms with Crippen LogP contribution in [0.25, 0.3) is 0 Å². The van der Waals surface area contributed by atoms with Crippen LogP contribution in [0.4, 0.5) is 4.39 Å². The molecule has 0 fully saturated rings. The van der Waals surface area contributed by atoms with Gasteiger partial charge in [0.25, 0.3) is 0 Å². The van der Waals surface area contributed by atoms with Crippen molar-refractivity contribution in [3.05, 3.63) is 82.4 Å². The fourth-order valence-electron chi connectivity index (χ4n) is 3.31. The number of hydrogen-bond acceptors (Lipinski definition) is 4. The number of aliphatic hydroxyl groups is 1. The van der Waals surface area contributed by atoms with E-state index in [4.69, 9.17) is 0 Å². The van der Waals surface area contributed by atoms with Gasteiger partial charge >= 0.3 is 5.97 Å². The molecule has 152 valence electrons. The number of imidazole rings is 1.